The number of allylic oxidation sites excluding steroid dienone is 1. The van der Waals surface area contributed by atoms with Crippen molar-refractivity contribution >= 4 is 11.3 Å². The van der Waals surface area contributed by atoms with Gasteiger partial charge in [0.05, 0.1) is 5.01 Å². The molecule has 14 heavy (non-hydrogen) atoms. The Hall–Kier alpha value is -0.670. The maximum absolute atomic E-state index is 4.22. The van der Waals surface area contributed by atoms with Crippen LogP contribution in [-0.2, 0) is 6.42 Å². The van der Waals surface area contributed by atoms with Crippen LogP contribution in [0.3, 0.4) is 0 Å². The minimum Gasteiger partial charge on any atom is -0.314 e. The third kappa shape index (κ3) is 3.60. The molecule has 1 aromatic rings. The van der Waals surface area contributed by atoms with Crippen LogP contribution in [0.25, 0.3) is 0 Å². The molecule has 1 aliphatic carbocycles. The van der Waals surface area contributed by atoms with Gasteiger partial charge in [0.15, 0.2) is 0 Å². The molecule has 2 nitrogen and oxygen atoms in total. The predicted molar refractivity (Wildman–Crippen MR) is 60.6 cm³/mol. The molecule has 0 unspecified atom stereocenters. The van der Waals surface area contributed by atoms with Crippen molar-refractivity contribution in [1.82, 2.24) is 10.3 Å². The molecule has 1 aromatic heterocycles. The van der Waals surface area contributed by atoms with Crippen LogP contribution in [0.2, 0.25) is 0 Å². The van der Waals surface area contributed by atoms with Crippen LogP contribution in [0.5, 0.6) is 0 Å². The van der Waals surface area contributed by atoms with Crippen molar-refractivity contribution in [2.45, 2.75) is 31.7 Å². The third-order valence-electron chi connectivity index (χ3n) is 2.26. The van der Waals surface area contributed by atoms with Gasteiger partial charge in [-0.25, -0.2) is 4.98 Å². The summed E-state index contributed by atoms with van der Waals surface area (Å²) >= 11 is 1.72. The molecule has 1 heterocycles. The molecular formula is C11H16N2S. The number of rotatable bonds is 6. The smallest absolute Gasteiger partial charge is 0.0962 e. The Kier molecular flexibility index (Phi) is 3.72. The zero-order valence-electron chi connectivity index (χ0n) is 8.28. The van der Waals surface area contributed by atoms with Gasteiger partial charge in [0.1, 0.15) is 0 Å². The van der Waals surface area contributed by atoms with Gasteiger partial charge < -0.3 is 5.32 Å². The standard InChI is InChI=1S/C11H16N2S/c1(3-7-12-10-5-6-10)2-4-11-13-8-9-14-11/h1-2,8-10,12H,3-7H2. The number of nitrogens with zero attached hydrogens (tertiary/aromatic N) is 1. The maximum Gasteiger partial charge on any atom is 0.0962 e. The van der Waals surface area contributed by atoms with Crippen molar-refractivity contribution < 1.29 is 0 Å². The summed E-state index contributed by atoms with van der Waals surface area (Å²) < 4.78 is 0. The van der Waals surface area contributed by atoms with E-state index in [-0.39, 0.29) is 0 Å². The average molecular weight is 208 g/mol. The molecule has 1 N–H and O–H groups in total. The average Bonchev–Trinajstić information content (AvgIpc) is 2.87. The Morgan fingerprint density at radius 1 is 1.50 bits per heavy atom. The van der Waals surface area contributed by atoms with Gasteiger partial charge in [0, 0.05) is 24.0 Å². The monoisotopic (exact) mass is 208 g/mol. The summed E-state index contributed by atoms with van der Waals surface area (Å²) in [5, 5.41) is 6.72. The lowest BCUT2D eigenvalue weighted by molar-refractivity contribution is 0.690. The Balaban J connectivity index is 1.53. The number of hydrogen-bond donors (Lipinski definition) is 1. The minimum absolute atomic E-state index is 0.836. The van der Waals surface area contributed by atoms with E-state index in [0.717, 1.165) is 25.4 Å². The third-order valence-corrected chi connectivity index (χ3v) is 3.07. The highest BCUT2D eigenvalue weighted by atomic mass is 32.1. The summed E-state index contributed by atoms with van der Waals surface area (Å²) in [6, 6.07) is 0.836. The molecule has 2 rings (SSSR count). The van der Waals surface area contributed by atoms with Crippen LogP contribution < -0.4 is 5.32 Å². The summed E-state index contributed by atoms with van der Waals surface area (Å²) in [5.74, 6) is 0. The normalized spacial score (nSPS) is 16.6. The van der Waals surface area contributed by atoms with E-state index in [1.54, 1.807) is 11.3 Å². The first-order valence-electron chi connectivity index (χ1n) is 5.22. The van der Waals surface area contributed by atoms with Crippen molar-refractivity contribution in [3.63, 3.8) is 0 Å². The number of nitrogens with one attached hydrogen (secondary N) is 1. The first kappa shape index (κ1) is 9.87. The van der Waals surface area contributed by atoms with Gasteiger partial charge in [-0.1, -0.05) is 12.2 Å². The lowest BCUT2D eigenvalue weighted by atomic mass is 10.3. The van der Waals surface area contributed by atoms with Gasteiger partial charge in [-0.3, -0.25) is 0 Å². The quantitative estimate of drug-likeness (QED) is 0.573. The lowest BCUT2D eigenvalue weighted by Crippen LogP contribution is -2.16. The molecule has 0 spiro atoms. The second kappa shape index (κ2) is 5.27. The molecule has 0 saturated heterocycles. The van der Waals surface area contributed by atoms with Gasteiger partial charge in [-0.05, 0) is 25.8 Å². The topological polar surface area (TPSA) is 24.9 Å². The van der Waals surface area contributed by atoms with Gasteiger partial charge in [-0.15, -0.1) is 11.3 Å². The van der Waals surface area contributed by atoms with Crippen molar-refractivity contribution in [3.05, 3.63) is 28.7 Å². The van der Waals surface area contributed by atoms with Crippen molar-refractivity contribution in [3.8, 4) is 0 Å². The number of thiazole rings is 1. The second-order valence-corrected chi connectivity index (χ2v) is 4.60. The van der Waals surface area contributed by atoms with E-state index in [9.17, 15) is 0 Å². The van der Waals surface area contributed by atoms with Crippen LogP contribution in [0, 0.1) is 0 Å². The van der Waals surface area contributed by atoms with E-state index < -0.39 is 0 Å². The van der Waals surface area contributed by atoms with Gasteiger partial charge >= 0.3 is 0 Å². The summed E-state index contributed by atoms with van der Waals surface area (Å²) in [6.07, 6.45) is 11.2. The Morgan fingerprint density at radius 3 is 3.14 bits per heavy atom. The molecule has 0 radical (unpaired) electrons. The molecule has 1 saturated carbocycles. The van der Waals surface area contributed by atoms with Crippen molar-refractivity contribution in [2.24, 2.45) is 0 Å². The summed E-state index contributed by atoms with van der Waals surface area (Å²) in [4.78, 5) is 4.22. The summed E-state index contributed by atoms with van der Waals surface area (Å²) in [6.45, 7) is 1.12. The Labute approximate surface area is 89.1 Å². The number of aromatic nitrogens is 1. The molecule has 0 amide bonds. The number of hydrogen-bond acceptors (Lipinski definition) is 3. The SMILES string of the molecule is C(=CCc1nccs1)CCNC1CC1. The van der Waals surface area contributed by atoms with Crippen molar-refractivity contribution in [2.75, 3.05) is 6.54 Å². The highest BCUT2D eigenvalue weighted by Gasteiger charge is 2.19. The Bertz CT molecular complexity index is 275. The largest absolute Gasteiger partial charge is 0.314 e. The van der Waals surface area contributed by atoms with E-state index in [2.05, 4.69) is 22.5 Å². The van der Waals surface area contributed by atoms with Crippen LogP contribution >= 0.6 is 11.3 Å². The van der Waals surface area contributed by atoms with Crippen LogP contribution in [0.15, 0.2) is 23.7 Å². The van der Waals surface area contributed by atoms with Crippen LogP contribution in [-0.4, -0.2) is 17.6 Å². The van der Waals surface area contributed by atoms with Gasteiger partial charge in [0.2, 0.25) is 0 Å². The van der Waals surface area contributed by atoms with Gasteiger partial charge in [0.25, 0.3) is 0 Å². The van der Waals surface area contributed by atoms with E-state index in [1.165, 1.54) is 17.8 Å². The van der Waals surface area contributed by atoms with Crippen LogP contribution in [0.1, 0.15) is 24.3 Å². The maximum atomic E-state index is 4.22. The fraction of sp³-hybridized carbons (Fsp3) is 0.545. The molecule has 0 aromatic carbocycles. The molecule has 1 fully saturated rings. The molecule has 0 bridgehead atoms. The summed E-state index contributed by atoms with van der Waals surface area (Å²) in [5.41, 5.74) is 0. The Morgan fingerprint density at radius 2 is 2.43 bits per heavy atom. The first-order valence-corrected chi connectivity index (χ1v) is 6.10. The molecular weight excluding hydrogens is 192 g/mol. The highest BCUT2D eigenvalue weighted by molar-refractivity contribution is 7.09. The van der Waals surface area contributed by atoms with E-state index in [1.807, 2.05) is 11.6 Å². The van der Waals surface area contributed by atoms with Gasteiger partial charge in [-0.2, -0.15) is 0 Å². The zero-order chi connectivity index (χ0) is 9.64. The van der Waals surface area contributed by atoms with E-state index in [0.29, 0.717) is 0 Å². The fourth-order valence-electron chi connectivity index (χ4n) is 1.31. The van der Waals surface area contributed by atoms with E-state index >= 15 is 0 Å². The minimum atomic E-state index is 0.836. The second-order valence-electron chi connectivity index (χ2n) is 3.62. The summed E-state index contributed by atoms with van der Waals surface area (Å²) in [7, 11) is 0. The van der Waals surface area contributed by atoms with Crippen LogP contribution in [0.4, 0.5) is 0 Å². The lowest BCUT2D eigenvalue weighted by Gasteiger charge is -1.96. The predicted octanol–water partition coefficient (Wildman–Crippen LogP) is 2.38. The molecule has 0 atom stereocenters. The highest BCUT2D eigenvalue weighted by Crippen LogP contribution is 2.18. The molecule has 3 heteroatoms. The van der Waals surface area contributed by atoms with E-state index in [4.69, 9.17) is 0 Å². The first-order chi connectivity index (χ1) is 6.95. The molecule has 76 valence electrons. The molecule has 1 aliphatic rings. The van der Waals surface area contributed by atoms with Crippen molar-refractivity contribution in [1.29, 1.82) is 0 Å². The molecule has 0 aliphatic heterocycles. The fourth-order valence-corrected chi connectivity index (χ4v) is 1.91. The zero-order valence-corrected chi connectivity index (χ0v) is 9.09.